The summed E-state index contributed by atoms with van der Waals surface area (Å²) in [5.74, 6) is -0.575. The Morgan fingerprint density at radius 2 is 1.83 bits per heavy atom. The molecule has 2 aromatic heterocycles. The van der Waals surface area contributed by atoms with Crippen LogP contribution in [0.15, 0.2) is 42.6 Å². The van der Waals surface area contributed by atoms with Gasteiger partial charge < -0.3 is 10.2 Å². The summed E-state index contributed by atoms with van der Waals surface area (Å²) in [6.07, 6.45) is 1.61. The summed E-state index contributed by atoms with van der Waals surface area (Å²) >= 11 is 0. The topological polar surface area (TPSA) is 80.1 Å². The van der Waals surface area contributed by atoms with E-state index in [2.05, 4.69) is 15.4 Å². The molecule has 0 unspecified atom stereocenters. The highest BCUT2D eigenvalue weighted by Crippen LogP contribution is 2.19. The van der Waals surface area contributed by atoms with Crippen LogP contribution in [0.2, 0.25) is 0 Å². The van der Waals surface area contributed by atoms with E-state index in [1.54, 1.807) is 50.0 Å². The Kier molecular flexibility index (Phi) is 5.72. The van der Waals surface area contributed by atoms with Gasteiger partial charge in [-0.2, -0.15) is 5.10 Å². The van der Waals surface area contributed by atoms with Crippen molar-refractivity contribution in [3.05, 3.63) is 70.9 Å². The minimum absolute atomic E-state index is 0.130. The predicted octanol–water partition coefficient (Wildman–Crippen LogP) is 3.04. The fraction of sp³-hybridized carbons (Fsp3) is 0.238. The van der Waals surface area contributed by atoms with Crippen LogP contribution in [0.1, 0.15) is 27.3 Å². The van der Waals surface area contributed by atoms with Crippen LogP contribution in [-0.4, -0.2) is 45.1 Å². The number of hydrogen-bond acceptors (Lipinski definition) is 4. The molecule has 0 saturated carbocycles. The first-order chi connectivity index (χ1) is 13.8. The zero-order valence-corrected chi connectivity index (χ0v) is 16.7. The quantitative estimate of drug-likeness (QED) is 0.720. The molecule has 0 aliphatic heterocycles. The van der Waals surface area contributed by atoms with Crippen molar-refractivity contribution in [1.29, 1.82) is 0 Å². The highest BCUT2D eigenvalue weighted by Gasteiger charge is 2.23. The molecule has 1 N–H and O–H groups in total. The number of nitrogens with zero attached hydrogens (tertiary/aromatic N) is 4. The Labute approximate surface area is 168 Å². The first-order valence-electron chi connectivity index (χ1n) is 9.06. The van der Waals surface area contributed by atoms with Gasteiger partial charge in [0.2, 0.25) is 5.91 Å². The summed E-state index contributed by atoms with van der Waals surface area (Å²) in [6, 6.07) is 9.44. The predicted molar refractivity (Wildman–Crippen MR) is 108 cm³/mol. The second-order valence-corrected chi connectivity index (χ2v) is 6.86. The summed E-state index contributed by atoms with van der Waals surface area (Å²) in [5.41, 5.74) is 3.19. The molecule has 0 fully saturated rings. The molecular weight excluding hydrogens is 373 g/mol. The molecule has 2 heterocycles. The SMILES string of the molecule is Cc1ccnc(NC(=O)CN(C)C(=O)c2c(C)nn(-c3ccc(F)cc3)c2C)c1. The fourth-order valence-electron chi connectivity index (χ4n) is 3.05. The number of carbonyl (C=O) groups excluding carboxylic acids is 2. The lowest BCUT2D eigenvalue weighted by Crippen LogP contribution is -2.35. The van der Waals surface area contributed by atoms with E-state index < -0.39 is 0 Å². The van der Waals surface area contributed by atoms with E-state index in [0.717, 1.165) is 5.56 Å². The van der Waals surface area contributed by atoms with Crippen LogP contribution in [0.3, 0.4) is 0 Å². The average molecular weight is 395 g/mol. The summed E-state index contributed by atoms with van der Waals surface area (Å²) in [6.45, 7) is 5.26. The first-order valence-corrected chi connectivity index (χ1v) is 9.06. The molecule has 0 bridgehead atoms. The maximum absolute atomic E-state index is 13.2. The van der Waals surface area contributed by atoms with Crippen molar-refractivity contribution < 1.29 is 14.0 Å². The minimum Gasteiger partial charge on any atom is -0.332 e. The largest absolute Gasteiger partial charge is 0.332 e. The van der Waals surface area contributed by atoms with Gasteiger partial charge in [0.25, 0.3) is 5.91 Å². The van der Waals surface area contributed by atoms with Crippen molar-refractivity contribution >= 4 is 17.6 Å². The Balaban J connectivity index is 1.75. The third kappa shape index (κ3) is 4.48. The number of anilines is 1. The fourth-order valence-corrected chi connectivity index (χ4v) is 3.05. The molecule has 7 nitrogen and oxygen atoms in total. The number of hydrogen-bond donors (Lipinski definition) is 1. The zero-order chi connectivity index (χ0) is 21.1. The molecule has 0 saturated heterocycles. The maximum Gasteiger partial charge on any atom is 0.257 e. The summed E-state index contributed by atoms with van der Waals surface area (Å²) in [5, 5.41) is 7.09. The highest BCUT2D eigenvalue weighted by atomic mass is 19.1. The van der Waals surface area contributed by atoms with Crippen LogP contribution in [0.25, 0.3) is 5.69 Å². The lowest BCUT2D eigenvalue weighted by Gasteiger charge is -2.17. The van der Waals surface area contributed by atoms with E-state index in [9.17, 15) is 14.0 Å². The molecular formula is C21H22FN5O2. The second-order valence-electron chi connectivity index (χ2n) is 6.86. The molecule has 1 aromatic carbocycles. The van der Waals surface area contributed by atoms with Crippen LogP contribution in [0, 0.1) is 26.6 Å². The average Bonchev–Trinajstić information content (AvgIpc) is 2.96. The molecule has 0 aliphatic rings. The molecule has 29 heavy (non-hydrogen) atoms. The zero-order valence-electron chi connectivity index (χ0n) is 16.7. The van der Waals surface area contributed by atoms with Gasteiger partial charge in [-0.15, -0.1) is 0 Å². The van der Waals surface area contributed by atoms with Gasteiger partial charge >= 0.3 is 0 Å². The lowest BCUT2D eigenvalue weighted by molar-refractivity contribution is -0.116. The van der Waals surface area contributed by atoms with Crippen LogP contribution in [0.5, 0.6) is 0 Å². The number of rotatable bonds is 5. The van der Waals surface area contributed by atoms with Crippen molar-refractivity contribution in [2.24, 2.45) is 0 Å². The number of nitrogens with one attached hydrogen (secondary N) is 1. The Hall–Kier alpha value is -3.55. The molecule has 0 radical (unpaired) electrons. The first kappa shape index (κ1) is 20.2. The third-order valence-corrected chi connectivity index (χ3v) is 4.49. The van der Waals surface area contributed by atoms with Crippen molar-refractivity contribution in [1.82, 2.24) is 19.7 Å². The molecule has 3 rings (SSSR count). The smallest absolute Gasteiger partial charge is 0.257 e. The molecule has 0 aliphatic carbocycles. The second kappa shape index (κ2) is 8.22. The van der Waals surface area contributed by atoms with Crippen LogP contribution in [-0.2, 0) is 4.79 Å². The standard InChI is InChI=1S/C21H22FN5O2/c1-13-9-10-23-18(11-13)24-19(28)12-26(4)21(29)20-14(2)25-27(15(20)3)17-7-5-16(22)6-8-17/h5-11H,12H2,1-4H3,(H,23,24,28). The number of pyridine rings is 1. The van der Waals surface area contributed by atoms with Gasteiger partial charge in [-0.05, 0) is 62.7 Å². The molecule has 0 atom stereocenters. The van der Waals surface area contributed by atoms with Crippen molar-refractivity contribution in [3.8, 4) is 5.69 Å². The van der Waals surface area contributed by atoms with Gasteiger partial charge in [0.05, 0.1) is 29.2 Å². The number of carbonyl (C=O) groups is 2. The number of likely N-dealkylation sites (N-methyl/N-ethyl adjacent to an activating group) is 1. The normalized spacial score (nSPS) is 10.7. The Bertz CT molecular complexity index is 1060. The highest BCUT2D eigenvalue weighted by molar-refractivity contribution is 6.00. The van der Waals surface area contributed by atoms with Gasteiger partial charge in [-0.25, -0.2) is 14.1 Å². The van der Waals surface area contributed by atoms with Crippen LogP contribution in [0.4, 0.5) is 10.2 Å². The third-order valence-electron chi connectivity index (χ3n) is 4.49. The Morgan fingerprint density at radius 1 is 1.14 bits per heavy atom. The van der Waals surface area contributed by atoms with Crippen molar-refractivity contribution in [2.75, 3.05) is 18.9 Å². The van der Waals surface area contributed by atoms with Crippen molar-refractivity contribution in [3.63, 3.8) is 0 Å². The van der Waals surface area contributed by atoms with E-state index in [4.69, 9.17) is 0 Å². The number of amides is 2. The van der Waals surface area contributed by atoms with E-state index in [1.807, 2.05) is 13.0 Å². The molecule has 8 heteroatoms. The molecule has 2 amide bonds. The van der Waals surface area contributed by atoms with E-state index >= 15 is 0 Å². The van der Waals surface area contributed by atoms with Crippen molar-refractivity contribution in [2.45, 2.75) is 20.8 Å². The number of halogens is 1. The summed E-state index contributed by atoms with van der Waals surface area (Å²) in [7, 11) is 1.56. The van der Waals surface area contributed by atoms with E-state index in [0.29, 0.717) is 28.5 Å². The van der Waals surface area contributed by atoms with Gasteiger partial charge in [0, 0.05) is 13.2 Å². The Morgan fingerprint density at radius 3 is 2.48 bits per heavy atom. The lowest BCUT2D eigenvalue weighted by atomic mass is 10.1. The monoisotopic (exact) mass is 395 g/mol. The molecule has 150 valence electrons. The van der Waals surface area contributed by atoms with Gasteiger partial charge in [0.1, 0.15) is 11.6 Å². The summed E-state index contributed by atoms with van der Waals surface area (Å²) < 4.78 is 14.8. The minimum atomic E-state index is -0.347. The number of aryl methyl sites for hydroxylation is 2. The van der Waals surface area contributed by atoms with Gasteiger partial charge in [-0.3, -0.25) is 9.59 Å². The summed E-state index contributed by atoms with van der Waals surface area (Å²) in [4.78, 5) is 30.7. The van der Waals surface area contributed by atoms with Gasteiger partial charge in [0.15, 0.2) is 0 Å². The van der Waals surface area contributed by atoms with E-state index in [-0.39, 0.29) is 24.2 Å². The number of aromatic nitrogens is 3. The van der Waals surface area contributed by atoms with Gasteiger partial charge in [-0.1, -0.05) is 0 Å². The van der Waals surface area contributed by atoms with E-state index in [1.165, 1.54) is 17.0 Å². The maximum atomic E-state index is 13.2. The molecule has 3 aromatic rings. The molecule has 0 spiro atoms. The number of benzene rings is 1. The van der Waals surface area contributed by atoms with Crippen LogP contribution < -0.4 is 5.32 Å². The van der Waals surface area contributed by atoms with Crippen LogP contribution >= 0.6 is 0 Å².